The second kappa shape index (κ2) is 12.2. The van der Waals surface area contributed by atoms with Crippen molar-refractivity contribution in [2.45, 2.75) is 31.3 Å². The Balaban J connectivity index is 1.58. The number of halogens is 4. The molecule has 1 fully saturated rings. The van der Waals surface area contributed by atoms with Gasteiger partial charge in [-0.05, 0) is 60.5 Å². The van der Waals surface area contributed by atoms with Crippen molar-refractivity contribution in [2.24, 2.45) is 4.99 Å². The van der Waals surface area contributed by atoms with Gasteiger partial charge in [0.15, 0.2) is 16.7 Å². The first-order valence-corrected chi connectivity index (χ1v) is 13.2. The van der Waals surface area contributed by atoms with Gasteiger partial charge in [-0.2, -0.15) is 13.2 Å². The maximum atomic E-state index is 13.5. The van der Waals surface area contributed by atoms with E-state index in [2.05, 4.69) is 10.3 Å². The molecule has 1 N–H and O–H groups in total. The predicted octanol–water partition coefficient (Wildman–Crippen LogP) is 6.84. The maximum Gasteiger partial charge on any atom is 0.416 e. The van der Waals surface area contributed by atoms with Crippen molar-refractivity contribution < 1.29 is 32.2 Å². The van der Waals surface area contributed by atoms with Gasteiger partial charge in [0.1, 0.15) is 5.25 Å². The van der Waals surface area contributed by atoms with E-state index in [0.29, 0.717) is 27.4 Å². The third kappa shape index (κ3) is 6.89. The molecular formula is C28H25ClF3N3O4S. The Morgan fingerprint density at radius 1 is 1.07 bits per heavy atom. The highest BCUT2D eigenvalue weighted by atomic mass is 35.5. The molecule has 0 aliphatic carbocycles. The first-order chi connectivity index (χ1) is 19.0. The van der Waals surface area contributed by atoms with Crippen LogP contribution in [0.4, 0.5) is 24.5 Å². The average molecular weight is 592 g/mol. The largest absolute Gasteiger partial charge is 0.493 e. The Morgan fingerprint density at radius 3 is 2.50 bits per heavy atom. The smallest absolute Gasteiger partial charge is 0.416 e. The normalized spacial score (nSPS) is 16.4. The van der Waals surface area contributed by atoms with Crippen molar-refractivity contribution in [3.63, 3.8) is 0 Å². The highest BCUT2D eigenvalue weighted by Crippen LogP contribution is 2.36. The van der Waals surface area contributed by atoms with Crippen LogP contribution in [0.1, 0.15) is 23.1 Å². The fourth-order valence-electron chi connectivity index (χ4n) is 3.95. The third-order valence-corrected chi connectivity index (χ3v) is 7.62. The molecule has 0 spiro atoms. The molecule has 12 heteroatoms. The van der Waals surface area contributed by atoms with E-state index in [1.54, 1.807) is 30.3 Å². The number of aliphatic imine (C=N–C) groups is 1. The molecule has 1 atom stereocenters. The molecule has 0 aromatic heterocycles. The molecule has 210 valence electrons. The lowest BCUT2D eigenvalue weighted by Gasteiger charge is -2.18. The quantitative estimate of drug-likeness (QED) is 0.310. The third-order valence-electron chi connectivity index (χ3n) is 6.03. The van der Waals surface area contributed by atoms with Crippen LogP contribution in [0.2, 0.25) is 5.02 Å². The number of rotatable bonds is 8. The Labute approximate surface area is 238 Å². The summed E-state index contributed by atoms with van der Waals surface area (Å²) in [5.41, 5.74) is 1.23. The summed E-state index contributed by atoms with van der Waals surface area (Å²) in [7, 11) is 3.02. The van der Waals surface area contributed by atoms with Gasteiger partial charge in [0.25, 0.3) is 0 Å². The van der Waals surface area contributed by atoms with Crippen LogP contribution in [0.25, 0.3) is 0 Å². The number of carbonyl (C=O) groups excluding carboxylic acids is 2. The number of amides is 2. The van der Waals surface area contributed by atoms with Crippen LogP contribution >= 0.6 is 23.4 Å². The molecule has 3 aromatic rings. The number of nitrogens with zero attached hydrogens (tertiary/aromatic N) is 2. The molecule has 1 unspecified atom stereocenters. The summed E-state index contributed by atoms with van der Waals surface area (Å²) >= 11 is 7.37. The van der Waals surface area contributed by atoms with E-state index in [4.69, 9.17) is 21.1 Å². The molecule has 3 aromatic carbocycles. The molecule has 4 rings (SSSR count). The number of ether oxygens (including phenoxy) is 2. The fourth-order valence-corrected chi connectivity index (χ4v) is 5.28. The van der Waals surface area contributed by atoms with Crippen LogP contribution in [0, 0.1) is 6.92 Å². The molecule has 7 nitrogen and oxygen atoms in total. The fraction of sp³-hybridized carbons (Fsp3) is 0.250. The van der Waals surface area contributed by atoms with Gasteiger partial charge in [-0.1, -0.05) is 41.6 Å². The van der Waals surface area contributed by atoms with E-state index in [1.165, 1.54) is 31.3 Å². The Kier molecular flexibility index (Phi) is 8.95. The number of nitrogens with one attached hydrogen (secondary N) is 1. The monoisotopic (exact) mass is 591 g/mol. The minimum absolute atomic E-state index is 0.0133. The molecule has 0 bridgehead atoms. The Hall–Kier alpha value is -3.70. The van der Waals surface area contributed by atoms with E-state index < -0.39 is 22.9 Å². The highest BCUT2D eigenvalue weighted by molar-refractivity contribution is 8.15. The summed E-state index contributed by atoms with van der Waals surface area (Å²) in [5, 5.41) is 2.49. The van der Waals surface area contributed by atoms with Crippen molar-refractivity contribution in [3.8, 4) is 11.5 Å². The van der Waals surface area contributed by atoms with E-state index in [0.717, 1.165) is 35.0 Å². The van der Waals surface area contributed by atoms with Gasteiger partial charge in [0.2, 0.25) is 11.8 Å². The van der Waals surface area contributed by atoms with Crippen molar-refractivity contribution in [1.82, 2.24) is 4.90 Å². The van der Waals surface area contributed by atoms with Gasteiger partial charge in [0, 0.05) is 17.1 Å². The topological polar surface area (TPSA) is 80.2 Å². The van der Waals surface area contributed by atoms with Crippen molar-refractivity contribution in [1.29, 1.82) is 0 Å². The molecule has 2 amide bonds. The highest BCUT2D eigenvalue weighted by Gasteiger charge is 2.39. The zero-order valence-electron chi connectivity index (χ0n) is 21.7. The number of hydrogen-bond acceptors (Lipinski definition) is 6. The van der Waals surface area contributed by atoms with Crippen LogP contribution < -0.4 is 14.8 Å². The van der Waals surface area contributed by atoms with Crippen molar-refractivity contribution >= 4 is 51.7 Å². The first kappa shape index (κ1) is 29.3. The van der Waals surface area contributed by atoms with Crippen LogP contribution in [-0.2, 0) is 22.3 Å². The number of alkyl halides is 3. The first-order valence-electron chi connectivity index (χ1n) is 12.0. The van der Waals surface area contributed by atoms with Gasteiger partial charge in [-0.15, -0.1) is 0 Å². The maximum absolute atomic E-state index is 13.5. The van der Waals surface area contributed by atoms with Gasteiger partial charge >= 0.3 is 6.18 Å². The Morgan fingerprint density at radius 2 is 1.82 bits per heavy atom. The number of carbonyl (C=O) groups is 2. The van der Waals surface area contributed by atoms with Gasteiger partial charge in [0.05, 0.1) is 32.0 Å². The number of hydrogen-bond donors (Lipinski definition) is 1. The van der Waals surface area contributed by atoms with E-state index in [9.17, 15) is 22.8 Å². The molecule has 1 saturated heterocycles. The summed E-state index contributed by atoms with van der Waals surface area (Å²) in [5.74, 6) is 0.0487. The summed E-state index contributed by atoms with van der Waals surface area (Å²) < 4.78 is 49.8. The lowest BCUT2D eigenvalue weighted by molar-refractivity contribution is -0.137. The minimum atomic E-state index is -4.55. The number of amidine groups is 1. The summed E-state index contributed by atoms with van der Waals surface area (Å²) in [6, 6.07) is 14.8. The summed E-state index contributed by atoms with van der Waals surface area (Å²) in [4.78, 5) is 32.4. The van der Waals surface area contributed by atoms with Gasteiger partial charge in [-0.25, -0.2) is 4.99 Å². The minimum Gasteiger partial charge on any atom is -0.493 e. The second-order valence-electron chi connectivity index (χ2n) is 8.88. The molecule has 1 aliphatic heterocycles. The number of benzene rings is 3. The number of methoxy groups -OCH3 is 2. The predicted molar refractivity (Wildman–Crippen MR) is 149 cm³/mol. The van der Waals surface area contributed by atoms with Crippen LogP contribution in [0.3, 0.4) is 0 Å². The standard InChI is InChI=1S/C28H25ClF3N3O4S/c1-16-7-9-20(13-21(16)29)34-27-35(15-17-8-10-22(38-2)23(11-17)39-3)26(37)24(40-27)14-25(36)33-19-6-4-5-18(12-19)28(30,31)32/h4-13,24H,14-15H2,1-3H3,(H,33,36). The SMILES string of the molecule is COc1ccc(CN2C(=O)C(CC(=O)Nc3cccc(C(F)(F)F)c3)SC2=Nc2ccc(C)c(Cl)c2)cc1OC. The Bertz CT molecular complexity index is 1460. The molecule has 1 heterocycles. The molecule has 0 radical (unpaired) electrons. The number of aryl methyl sites for hydroxylation is 1. The van der Waals surface area contributed by atoms with Crippen LogP contribution in [0.5, 0.6) is 11.5 Å². The molecule has 1 aliphatic rings. The van der Waals surface area contributed by atoms with Crippen LogP contribution in [0.15, 0.2) is 65.7 Å². The zero-order valence-corrected chi connectivity index (χ0v) is 23.3. The molecule has 0 saturated carbocycles. The van der Waals surface area contributed by atoms with E-state index in [-0.39, 0.29) is 24.6 Å². The van der Waals surface area contributed by atoms with E-state index in [1.807, 2.05) is 13.0 Å². The van der Waals surface area contributed by atoms with E-state index >= 15 is 0 Å². The second-order valence-corrected chi connectivity index (χ2v) is 10.5. The lowest BCUT2D eigenvalue weighted by Crippen LogP contribution is -2.33. The van der Waals surface area contributed by atoms with Gasteiger partial charge < -0.3 is 14.8 Å². The van der Waals surface area contributed by atoms with Crippen molar-refractivity contribution in [3.05, 3.63) is 82.4 Å². The number of anilines is 1. The zero-order chi connectivity index (χ0) is 29.0. The summed E-state index contributed by atoms with van der Waals surface area (Å²) in [6.07, 6.45) is -4.82. The van der Waals surface area contributed by atoms with Crippen LogP contribution in [-0.4, -0.2) is 41.4 Å². The molecular weight excluding hydrogens is 567 g/mol. The summed E-state index contributed by atoms with van der Waals surface area (Å²) in [6.45, 7) is 1.99. The average Bonchev–Trinajstić information content (AvgIpc) is 3.18. The van der Waals surface area contributed by atoms with Crippen molar-refractivity contribution in [2.75, 3.05) is 19.5 Å². The number of thioether (sulfide) groups is 1. The van der Waals surface area contributed by atoms with Gasteiger partial charge in [-0.3, -0.25) is 14.5 Å². The lowest BCUT2D eigenvalue weighted by atomic mass is 10.1. The molecule has 40 heavy (non-hydrogen) atoms.